The standard InChI is InChI=1S/C21H22N2O3S/c1-13(14-3-4-14)23(16-6-8-17(26-2)9-7-16)21(25)15-5-10-19-18(11-15)22-20(24)12-27-19/h5-11,13-14H,3-4,12H2,1-2H3,(H,22,24). The van der Waals surface area contributed by atoms with Gasteiger partial charge in [-0.25, -0.2) is 0 Å². The molecule has 2 aromatic carbocycles. The van der Waals surface area contributed by atoms with E-state index < -0.39 is 0 Å². The van der Waals surface area contributed by atoms with E-state index in [1.807, 2.05) is 41.3 Å². The van der Waals surface area contributed by atoms with E-state index in [1.165, 1.54) is 11.8 Å². The van der Waals surface area contributed by atoms with Gasteiger partial charge in [-0.2, -0.15) is 0 Å². The number of fused-ring (bicyclic) bond motifs is 1. The van der Waals surface area contributed by atoms with Gasteiger partial charge < -0.3 is 15.0 Å². The molecule has 0 aromatic heterocycles. The zero-order valence-electron chi connectivity index (χ0n) is 15.4. The molecule has 0 radical (unpaired) electrons. The van der Waals surface area contributed by atoms with E-state index in [9.17, 15) is 9.59 Å². The van der Waals surface area contributed by atoms with Crippen LogP contribution in [-0.2, 0) is 4.79 Å². The highest BCUT2D eigenvalue weighted by Crippen LogP contribution is 2.38. The molecule has 1 saturated carbocycles. The second-order valence-electron chi connectivity index (χ2n) is 7.00. The minimum absolute atomic E-state index is 0.0320. The molecule has 4 rings (SSSR count). The summed E-state index contributed by atoms with van der Waals surface area (Å²) in [6.07, 6.45) is 2.30. The Morgan fingerprint density at radius 1 is 1.22 bits per heavy atom. The lowest BCUT2D eigenvalue weighted by atomic mass is 10.1. The second kappa shape index (κ2) is 7.27. The summed E-state index contributed by atoms with van der Waals surface area (Å²) in [5, 5.41) is 2.87. The zero-order valence-corrected chi connectivity index (χ0v) is 16.2. The lowest BCUT2D eigenvalue weighted by Gasteiger charge is -2.30. The van der Waals surface area contributed by atoms with E-state index in [4.69, 9.17) is 4.74 Å². The van der Waals surface area contributed by atoms with Gasteiger partial charge in [-0.15, -0.1) is 11.8 Å². The number of thioether (sulfide) groups is 1. The predicted molar refractivity (Wildman–Crippen MR) is 108 cm³/mol. The average molecular weight is 382 g/mol. The largest absolute Gasteiger partial charge is 0.497 e. The number of carbonyl (C=O) groups excluding carboxylic acids is 2. The summed E-state index contributed by atoms with van der Waals surface area (Å²) in [5.74, 6) is 1.63. The van der Waals surface area contributed by atoms with Crippen LogP contribution in [0.15, 0.2) is 47.4 Å². The van der Waals surface area contributed by atoms with Crippen LogP contribution in [0, 0.1) is 5.92 Å². The van der Waals surface area contributed by atoms with E-state index in [-0.39, 0.29) is 17.9 Å². The minimum atomic E-state index is -0.0489. The quantitative estimate of drug-likeness (QED) is 0.843. The van der Waals surface area contributed by atoms with Gasteiger partial charge in [-0.05, 0) is 68.1 Å². The maximum Gasteiger partial charge on any atom is 0.258 e. The molecule has 2 aliphatic rings. The monoisotopic (exact) mass is 382 g/mol. The highest BCUT2D eigenvalue weighted by atomic mass is 32.2. The maximum absolute atomic E-state index is 13.4. The Kier molecular flexibility index (Phi) is 4.83. The lowest BCUT2D eigenvalue weighted by Crippen LogP contribution is -2.40. The van der Waals surface area contributed by atoms with Crippen LogP contribution < -0.4 is 15.0 Å². The summed E-state index contributed by atoms with van der Waals surface area (Å²) in [6.45, 7) is 2.11. The SMILES string of the molecule is COc1ccc(N(C(=O)c2ccc3c(c2)NC(=O)CS3)C(C)C2CC2)cc1. The number of rotatable bonds is 5. The Bertz CT molecular complexity index is 877. The van der Waals surface area contributed by atoms with Crippen molar-refractivity contribution in [3.8, 4) is 5.75 Å². The van der Waals surface area contributed by atoms with Crippen molar-refractivity contribution in [1.82, 2.24) is 0 Å². The molecule has 1 unspecified atom stereocenters. The van der Waals surface area contributed by atoms with Gasteiger partial charge >= 0.3 is 0 Å². The molecule has 27 heavy (non-hydrogen) atoms. The fraction of sp³-hybridized carbons (Fsp3) is 0.333. The Labute approximate surface area is 163 Å². The van der Waals surface area contributed by atoms with Crippen molar-refractivity contribution in [3.05, 3.63) is 48.0 Å². The third kappa shape index (κ3) is 3.67. The van der Waals surface area contributed by atoms with E-state index in [0.29, 0.717) is 17.2 Å². The molecule has 1 N–H and O–H groups in total. The van der Waals surface area contributed by atoms with Gasteiger partial charge in [0.05, 0.1) is 18.6 Å². The molecule has 0 saturated heterocycles. The fourth-order valence-corrected chi connectivity index (χ4v) is 4.21. The molecule has 5 nitrogen and oxygen atoms in total. The first-order valence-corrected chi connectivity index (χ1v) is 10.1. The number of nitrogens with one attached hydrogen (secondary N) is 1. The molecule has 0 bridgehead atoms. The van der Waals surface area contributed by atoms with Crippen LogP contribution in [0.25, 0.3) is 0 Å². The van der Waals surface area contributed by atoms with Gasteiger partial charge in [0.15, 0.2) is 0 Å². The summed E-state index contributed by atoms with van der Waals surface area (Å²) in [4.78, 5) is 28.0. The summed E-state index contributed by atoms with van der Waals surface area (Å²) in [7, 11) is 1.63. The van der Waals surface area contributed by atoms with E-state index in [0.717, 1.165) is 34.9 Å². The Morgan fingerprint density at radius 3 is 2.63 bits per heavy atom. The molecule has 0 spiro atoms. The molecule has 1 atom stereocenters. The van der Waals surface area contributed by atoms with Crippen LogP contribution in [0.5, 0.6) is 5.75 Å². The van der Waals surface area contributed by atoms with Crippen molar-refractivity contribution in [2.75, 3.05) is 23.1 Å². The van der Waals surface area contributed by atoms with Crippen molar-refractivity contribution in [3.63, 3.8) is 0 Å². The van der Waals surface area contributed by atoms with Crippen molar-refractivity contribution in [2.24, 2.45) is 5.92 Å². The van der Waals surface area contributed by atoms with Crippen molar-refractivity contribution in [1.29, 1.82) is 0 Å². The van der Waals surface area contributed by atoms with Gasteiger partial charge in [0.2, 0.25) is 5.91 Å². The molecule has 1 aliphatic heterocycles. The molecule has 1 heterocycles. The third-order valence-electron chi connectivity index (χ3n) is 5.14. The van der Waals surface area contributed by atoms with Gasteiger partial charge in [0.1, 0.15) is 5.75 Å². The molecule has 2 aromatic rings. The minimum Gasteiger partial charge on any atom is -0.497 e. The molecule has 2 amide bonds. The molecule has 1 fully saturated rings. The van der Waals surface area contributed by atoms with Gasteiger partial charge in [-0.1, -0.05) is 0 Å². The summed E-state index contributed by atoms with van der Waals surface area (Å²) in [6, 6.07) is 13.3. The van der Waals surface area contributed by atoms with Crippen LogP contribution in [-0.4, -0.2) is 30.7 Å². The number of hydrogen-bond acceptors (Lipinski definition) is 4. The summed E-state index contributed by atoms with van der Waals surface area (Å²) < 4.78 is 5.24. The van der Waals surface area contributed by atoms with Gasteiger partial charge in [0.25, 0.3) is 5.91 Å². The highest BCUT2D eigenvalue weighted by Gasteiger charge is 2.35. The summed E-state index contributed by atoms with van der Waals surface area (Å²) in [5.41, 5.74) is 2.16. The van der Waals surface area contributed by atoms with E-state index in [1.54, 1.807) is 13.2 Å². The molecule has 140 valence electrons. The fourth-order valence-electron chi connectivity index (χ4n) is 3.42. The van der Waals surface area contributed by atoms with Crippen LogP contribution >= 0.6 is 11.8 Å². The van der Waals surface area contributed by atoms with Crippen molar-refractivity contribution >= 4 is 35.0 Å². The molecule has 1 aliphatic carbocycles. The van der Waals surface area contributed by atoms with Crippen LogP contribution in [0.4, 0.5) is 11.4 Å². The first kappa shape index (κ1) is 17.9. The number of nitrogens with zero attached hydrogens (tertiary/aromatic N) is 1. The number of methoxy groups -OCH3 is 1. The first-order chi connectivity index (χ1) is 13.1. The molecular formula is C21H22N2O3S. The molecule has 6 heteroatoms. The van der Waals surface area contributed by atoms with Gasteiger partial charge in [-0.3, -0.25) is 9.59 Å². The first-order valence-electron chi connectivity index (χ1n) is 9.11. The molecular weight excluding hydrogens is 360 g/mol. The predicted octanol–water partition coefficient (Wildman–Crippen LogP) is 4.18. The number of carbonyl (C=O) groups is 2. The van der Waals surface area contributed by atoms with E-state index in [2.05, 4.69) is 12.2 Å². The number of hydrogen-bond donors (Lipinski definition) is 1. The Hall–Kier alpha value is -2.47. The normalized spacial score (nSPS) is 16.9. The Balaban J connectivity index is 1.68. The number of ether oxygens (including phenoxy) is 1. The van der Waals surface area contributed by atoms with E-state index >= 15 is 0 Å². The second-order valence-corrected chi connectivity index (χ2v) is 8.02. The Morgan fingerprint density at radius 2 is 1.96 bits per heavy atom. The summed E-state index contributed by atoms with van der Waals surface area (Å²) >= 11 is 1.50. The average Bonchev–Trinajstić information content (AvgIpc) is 3.53. The van der Waals surface area contributed by atoms with Crippen molar-refractivity contribution in [2.45, 2.75) is 30.7 Å². The smallest absolute Gasteiger partial charge is 0.258 e. The van der Waals surface area contributed by atoms with Crippen molar-refractivity contribution < 1.29 is 14.3 Å². The number of amides is 2. The third-order valence-corrected chi connectivity index (χ3v) is 6.21. The highest BCUT2D eigenvalue weighted by molar-refractivity contribution is 8.00. The van der Waals surface area contributed by atoms with Crippen LogP contribution in [0.1, 0.15) is 30.1 Å². The lowest BCUT2D eigenvalue weighted by molar-refractivity contribution is -0.113. The zero-order chi connectivity index (χ0) is 19.0. The topological polar surface area (TPSA) is 58.6 Å². The van der Waals surface area contributed by atoms with Crippen LogP contribution in [0.3, 0.4) is 0 Å². The maximum atomic E-state index is 13.4. The van der Waals surface area contributed by atoms with Gasteiger partial charge in [0, 0.05) is 22.2 Å². The number of anilines is 2. The number of benzene rings is 2. The van der Waals surface area contributed by atoms with Crippen LogP contribution in [0.2, 0.25) is 0 Å².